The lowest BCUT2D eigenvalue weighted by atomic mass is 10.0. The van der Waals surface area contributed by atoms with Gasteiger partial charge in [-0.15, -0.1) is 0 Å². The molecule has 30 heavy (non-hydrogen) atoms. The number of rotatable bonds is 11. The van der Waals surface area contributed by atoms with Gasteiger partial charge in [-0.2, -0.15) is 0 Å². The molecule has 0 bridgehead atoms. The predicted molar refractivity (Wildman–Crippen MR) is 128 cm³/mol. The van der Waals surface area contributed by atoms with Crippen LogP contribution in [-0.4, -0.2) is 30.6 Å². The molecule has 0 aromatic heterocycles. The number of nitrogens with zero attached hydrogens (tertiary/aromatic N) is 1. The zero-order valence-electron chi connectivity index (χ0n) is 18.5. The minimum atomic E-state index is -0.451. The zero-order chi connectivity index (χ0) is 21.7. The number of hydrogen-bond acceptors (Lipinski definition) is 5. The quantitative estimate of drug-likeness (QED) is 0.444. The van der Waals surface area contributed by atoms with Gasteiger partial charge in [0.2, 0.25) is 0 Å². The third-order valence-electron chi connectivity index (χ3n) is 6.00. The average molecular weight is 408 g/mol. The number of anilines is 3. The van der Waals surface area contributed by atoms with Crippen LogP contribution in [0.15, 0.2) is 52.1 Å². The van der Waals surface area contributed by atoms with Gasteiger partial charge >= 0.3 is 0 Å². The molecule has 160 valence electrons. The Morgan fingerprint density at radius 3 is 2.33 bits per heavy atom. The standard InChI is InChI=1S/C25H33N3O2/c1-5-7-15-28(4)17(3)21(10-6-2)27-23-22(24(29)25(23)30)26-20-14-13-18-11-8-9-12-19(18)16-20/h8-9,11-14,16-17,21,26-27H,5-7,10,15H2,1-4H3/t17-,21?/m1/s1. The molecule has 3 aromatic rings. The number of nitrogens with one attached hydrogen (secondary N) is 2. The summed E-state index contributed by atoms with van der Waals surface area (Å²) < 4.78 is 0. The van der Waals surface area contributed by atoms with Crippen LogP contribution in [0, 0.1) is 0 Å². The van der Waals surface area contributed by atoms with Crippen molar-refractivity contribution < 1.29 is 0 Å². The Morgan fingerprint density at radius 2 is 1.63 bits per heavy atom. The van der Waals surface area contributed by atoms with E-state index in [0.29, 0.717) is 11.4 Å². The number of likely N-dealkylation sites (N-methyl/N-ethyl adjacent to an activating group) is 1. The van der Waals surface area contributed by atoms with Crippen LogP contribution in [0.3, 0.4) is 0 Å². The Kier molecular flexibility index (Phi) is 7.27. The van der Waals surface area contributed by atoms with Crippen molar-refractivity contribution >= 4 is 27.8 Å². The Bertz CT molecular complexity index is 1050. The van der Waals surface area contributed by atoms with Gasteiger partial charge in [0.25, 0.3) is 10.9 Å². The van der Waals surface area contributed by atoms with Crippen LogP contribution >= 0.6 is 0 Å². The molecule has 5 nitrogen and oxygen atoms in total. The molecule has 3 rings (SSSR count). The minimum absolute atomic E-state index is 0.109. The first-order valence-corrected chi connectivity index (χ1v) is 11.0. The lowest BCUT2D eigenvalue weighted by molar-refractivity contribution is 0.225. The SMILES string of the molecule is CCCCN(C)[C@H](C)C(CCC)Nc1c(Nc2ccc3ccccc3c2)c(=O)c1=O. The van der Waals surface area contributed by atoms with Crippen molar-refractivity contribution in [1.29, 1.82) is 0 Å². The molecule has 0 aliphatic carbocycles. The highest BCUT2D eigenvalue weighted by Gasteiger charge is 2.27. The normalized spacial score (nSPS) is 13.6. The topological polar surface area (TPSA) is 61.4 Å². The van der Waals surface area contributed by atoms with Gasteiger partial charge in [-0.25, -0.2) is 0 Å². The molecule has 0 fully saturated rings. The van der Waals surface area contributed by atoms with Gasteiger partial charge in [0, 0.05) is 17.8 Å². The molecule has 0 heterocycles. The molecule has 0 aliphatic rings. The van der Waals surface area contributed by atoms with Crippen LogP contribution in [0.5, 0.6) is 0 Å². The highest BCUT2D eigenvalue weighted by atomic mass is 16.2. The molecule has 5 heteroatoms. The van der Waals surface area contributed by atoms with Gasteiger partial charge in [0.1, 0.15) is 11.4 Å². The first-order valence-electron chi connectivity index (χ1n) is 11.0. The second kappa shape index (κ2) is 9.90. The van der Waals surface area contributed by atoms with Gasteiger partial charge in [0.15, 0.2) is 0 Å². The predicted octanol–water partition coefficient (Wildman–Crippen LogP) is 4.88. The summed E-state index contributed by atoms with van der Waals surface area (Å²) in [7, 11) is 2.13. The first kappa shape index (κ1) is 22.0. The van der Waals surface area contributed by atoms with Crippen molar-refractivity contribution in [2.75, 3.05) is 24.2 Å². The lowest BCUT2D eigenvalue weighted by Gasteiger charge is -2.33. The molecule has 2 N–H and O–H groups in total. The van der Waals surface area contributed by atoms with Crippen molar-refractivity contribution in [3.05, 3.63) is 62.9 Å². The van der Waals surface area contributed by atoms with E-state index in [1.165, 1.54) is 0 Å². The fourth-order valence-electron chi connectivity index (χ4n) is 3.91. The van der Waals surface area contributed by atoms with Crippen LogP contribution in [0.4, 0.5) is 17.1 Å². The highest BCUT2D eigenvalue weighted by molar-refractivity contribution is 5.88. The van der Waals surface area contributed by atoms with E-state index in [1.54, 1.807) is 0 Å². The monoisotopic (exact) mass is 407 g/mol. The van der Waals surface area contributed by atoms with E-state index in [-0.39, 0.29) is 12.1 Å². The van der Waals surface area contributed by atoms with Gasteiger partial charge in [-0.1, -0.05) is 57.0 Å². The Labute approximate surface area is 178 Å². The summed E-state index contributed by atoms with van der Waals surface area (Å²) in [6.45, 7) is 7.54. The van der Waals surface area contributed by atoms with E-state index in [1.807, 2.05) is 36.4 Å². The van der Waals surface area contributed by atoms with Crippen molar-refractivity contribution in [2.45, 2.75) is 58.5 Å². The maximum absolute atomic E-state index is 12.4. The van der Waals surface area contributed by atoms with E-state index in [4.69, 9.17) is 0 Å². The van der Waals surface area contributed by atoms with Crippen LogP contribution in [0.2, 0.25) is 0 Å². The van der Waals surface area contributed by atoms with E-state index < -0.39 is 10.9 Å². The fourth-order valence-corrected chi connectivity index (χ4v) is 3.91. The summed E-state index contributed by atoms with van der Waals surface area (Å²) in [4.78, 5) is 27.0. The summed E-state index contributed by atoms with van der Waals surface area (Å²) in [5.41, 5.74) is 0.724. The second-order valence-corrected chi connectivity index (χ2v) is 8.21. The molecular weight excluding hydrogens is 374 g/mol. The second-order valence-electron chi connectivity index (χ2n) is 8.21. The van der Waals surface area contributed by atoms with Crippen LogP contribution in [0.25, 0.3) is 10.8 Å². The Balaban J connectivity index is 1.79. The van der Waals surface area contributed by atoms with Crippen LogP contribution in [-0.2, 0) is 0 Å². The van der Waals surface area contributed by atoms with Crippen molar-refractivity contribution in [3.63, 3.8) is 0 Å². The lowest BCUT2D eigenvalue weighted by Crippen LogP contribution is -2.47. The fraction of sp³-hybridized carbons (Fsp3) is 0.440. The van der Waals surface area contributed by atoms with Crippen molar-refractivity contribution in [3.8, 4) is 0 Å². The van der Waals surface area contributed by atoms with Crippen molar-refractivity contribution in [1.82, 2.24) is 4.90 Å². The molecule has 0 aliphatic heterocycles. The Hall–Kier alpha value is -2.66. The van der Waals surface area contributed by atoms with Gasteiger partial charge in [-0.3, -0.25) is 9.59 Å². The molecule has 0 saturated carbocycles. The van der Waals surface area contributed by atoms with Crippen LogP contribution in [0.1, 0.15) is 46.5 Å². The minimum Gasteiger partial charge on any atom is -0.376 e. The smallest absolute Gasteiger partial charge is 0.253 e. The summed E-state index contributed by atoms with van der Waals surface area (Å²) in [6.07, 6.45) is 4.24. The zero-order valence-corrected chi connectivity index (χ0v) is 18.5. The van der Waals surface area contributed by atoms with Gasteiger partial charge in [0.05, 0.1) is 0 Å². The van der Waals surface area contributed by atoms with E-state index >= 15 is 0 Å². The third kappa shape index (κ3) is 4.73. The van der Waals surface area contributed by atoms with E-state index in [2.05, 4.69) is 49.4 Å². The molecule has 0 saturated heterocycles. The average Bonchev–Trinajstić information content (AvgIpc) is 2.77. The third-order valence-corrected chi connectivity index (χ3v) is 6.00. The maximum Gasteiger partial charge on any atom is 0.253 e. The van der Waals surface area contributed by atoms with Gasteiger partial charge < -0.3 is 15.5 Å². The molecule has 1 unspecified atom stereocenters. The molecule has 0 spiro atoms. The molecular formula is C25H33N3O2. The maximum atomic E-state index is 12.4. The molecule has 2 atom stereocenters. The van der Waals surface area contributed by atoms with E-state index in [9.17, 15) is 9.59 Å². The molecule has 0 radical (unpaired) electrons. The summed E-state index contributed by atoms with van der Waals surface area (Å²) >= 11 is 0. The number of unbranched alkanes of at least 4 members (excludes halogenated alkanes) is 1. The summed E-state index contributed by atoms with van der Waals surface area (Å²) in [6, 6.07) is 14.4. The van der Waals surface area contributed by atoms with Gasteiger partial charge in [-0.05, 0) is 56.3 Å². The van der Waals surface area contributed by atoms with E-state index in [0.717, 1.165) is 48.7 Å². The summed E-state index contributed by atoms with van der Waals surface area (Å²) in [5.74, 6) is 0. The highest BCUT2D eigenvalue weighted by Crippen LogP contribution is 2.26. The molecule has 0 amide bonds. The number of hydrogen-bond donors (Lipinski definition) is 2. The first-order chi connectivity index (χ1) is 14.5. The van der Waals surface area contributed by atoms with Crippen molar-refractivity contribution in [2.24, 2.45) is 0 Å². The summed E-state index contributed by atoms with van der Waals surface area (Å²) in [5, 5.41) is 8.81. The molecule has 3 aromatic carbocycles. The largest absolute Gasteiger partial charge is 0.376 e. The number of fused-ring (bicyclic) bond motifs is 1. The van der Waals surface area contributed by atoms with Crippen LogP contribution < -0.4 is 21.5 Å². The Morgan fingerprint density at radius 1 is 0.933 bits per heavy atom. The number of benzene rings is 2.